The number of amides is 1. The first-order valence-electron chi connectivity index (χ1n) is 10.7. The summed E-state index contributed by atoms with van der Waals surface area (Å²) >= 11 is 1.55. The molecule has 160 valence electrons. The Hall–Kier alpha value is -3.58. The first-order valence-corrected chi connectivity index (χ1v) is 11.6. The van der Waals surface area contributed by atoms with E-state index in [2.05, 4.69) is 33.5 Å². The predicted octanol–water partition coefficient (Wildman–Crippen LogP) is 5.25. The maximum Gasteiger partial charge on any atom is 0.246 e. The Morgan fingerprint density at radius 3 is 2.97 bits per heavy atom. The molecule has 7 heteroatoms. The van der Waals surface area contributed by atoms with Gasteiger partial charge in [0.1, 0.15) is 5.82 Å². The smallest absolute Gasteiger partial charge is 0.246 e. The first-order chi connectivity index (χ1) is 15.8. The van der Waals surface area contributed by atoms with Gasteiger partial charge in [0, 0.05) is 60.1 Å². The number of pyridine rings is 2. The van der Waals surface area contributed by atoms with Crippen LogP contribution in [0, 0.1) is 0 Å². The van der Waals surface area contributed by atoms with Gasteiger partial charge in [0.25, 0.3) is 0 Å². The second kappa shape index (κ2) is 9.28. The number of fused-ring (bicyclic) bond motifs is 1. The Balaban J connectivity index is 1.38. The van der Waals surface area contributed by atoms with E-state index >= 15 is 0 Å². The van der Waals surface area contributed by atoms with Gasteiger partial charge in [-0.05, 0) is 42.0 Å². The lowest BCUT2D eigenvalue weighted by Gasteiger charge is -2.32. The highest BCUT2D eigenvalue weighted by Crippen LogP contribution is 2.32. The SMILES string of the molecule is O=C(/C=C/c1cccnc1)N1CCCC(c2cc3ccccc3c(Nc3nccs3)n2)C1. The van der Waals surface area contributed by atoms with Crippen molar-refractivity contribution in [3.05, 3.63) is 83.8 Å². The van der Waals surface area contributed by atoms with Gasteiger partial charge in [-0.15, -0.1) is 11.3 Å². The summed E-state index contributed by atoms with van der Waals surface area (Å²) in [5.74, 6) is 1.04. The minimum Gasteiger partial charge on any atom is -0.338 e. The van der Waals surface area contributed by atoms with Crippen molar-refractivity contribution in [2.24, 2.45) is 0 Å². The van der Waals surface area contributed by atoms with Crippen molar-refractivity contribution in [3.63, 3.8) is 0 Å². The molecule has 1 aliphatic rings. The van der Waals surface area contributed by atoms with E-state index in [0.29, 0.717) is 6.54 Å². The highest BCUT2D eigenvalue weighted by molar-refractivity contribution is 7.13. The third-order valence-corrected chi connectivity index (χ3v) is 6.36. The Labute approximate surface area is 190 Å². The Bertz CT molecular complexity index is 1240. The van der Waals surface area contributed by atoms with Gasteiger partial charge in [-0.25, -0.2) is 9.97 Å². The van der Waals surface area contributed by atoms with Crippen molar-refractivity contribution >= 4 is 45.0 Å². The summed E-state index contributed by atoms with van der Waals surface area (Å²) in [4.78, 5) is 28.2. The zero-order valence-corrected chi connectivity index (χ0v) is 18.3. The maximum absolute atomic E-state index is 12.8. The number of hydrogen-bond donors (Lipinski definition) is 1. The van der Waals surface area contributed by atoms with Gasteiger partial charge >= 0.3 is 0 Å². The molecule has 4 heterocycles. The number of nitrogens with one attached hydrogen (secondary N) is 1. The number of nitrogens with zero attached hydrogens (tertiary/aromatic N) is 4. The number of rotatable bonds is 5. The molecule has 0 radical (unpaired) electrons. The topological polar surface area (TPSA) is 71.0 Å². The van der Waals surface area contributed by atoms with Crippen LogP contribution >= 0.6 is 11.3 Å². The van der Waals surface area contributed by atoms with E-state index in [0.717, 1.165) is 52.4 Å². The van der Waals surface area contributed by atoms with E-state index < -0.39 is 0 Å². The Morgan fingerprint density at radius 2 is 2.12 bits per heavy atom. The van der Waals surface area contributed by atoms with E-state index in [1.807, 2.05) is 40.6 Å². The van der Waals surface area contributed by atoms with E-state index in [1.54, 1.807) is 36.0 Å². The van der Waals surface area contributed by atoms with Crippen LogP contribution in [0.4, 0.5) is 10.9 Å². The number of carbonyl (C=O) groups is 1. The second-order valence-corrected chi connectivity index (χ2v) is 8.72. The van der Waals surface area contributed by atoms with Crippen LogP contribution in [-0.4, -0.2) is 38.8 Å². The lowest BCUT2D eigenvalue weighted by Crippen LogP contribution is -2.38. The number of benzene rings is 1. The largest absolute Gasteiger partial charge is 0.338 e. The monoisotopic (exact) mass is 441 g/mol. The molecule has 1 unspecified atom stereocenters. The number of anilines is 2. The van der Waals surface area contributed by atoms with Crippen LogP contribution in [-0.2, 0) is 4.79 Å². The maximum atomic E-state index is 12.8. The minimum atomic E-state index is 0.0282. The summed E-state index contributed by atoms with van der Waals surface area (Å²) in [6.07, 6.45) is 10.7. The third kappa shape index (κ3) is 4.53. The molecule has 5 rings (SSSR count). The molecular weight excluding hydrogens is 418 g/mol. The molecule has 1 amide bonds. The Kier molecular flexibility index (Phi) is 5.89. The zero-order valence-electron chi connectivity index (χ0n) is 17.5. The van der Waals surface area contributed by atoms with Crippen LogP contribution in [0.1, 0.15) is 30.0 Å². The highest BCUT2D eigenvalue weighted by Gasteiger charge is 2.25. The quantitative estimate of drug-likeness (QED) is 0.428. The molecule has 1 N–H and O–H groups in total. The van der Waals surface area contributed by atoms with E-state index in [-0.39, 0.29) is 11.8 Å². The molecule has 6 nitrogen and oxygen atoms in total. The molecule has 1 saturated heterocycles. The fourth-order valence-corrected chi connectivity index (χ4v) is 4.60. The summed E-state index contributed by atoms with van der Waals surface area (Å²) in [6.45, 7) is 1.43. The van der Waals surface area contributed by atoms with Crippen LogP contribution in [0.15, 0.2) is 72.5 Å². The van der Waals surface area contributed by atoms with Crippen LogP contribution in [0.25, 0.3) is 16.8 Å². The fourth-order valence-electron chi connectivity index (χ4n) is 4.08. The molecule has 1 aromatic carbocycles. The van der Waals surface area contributed by atoms with Gasteiger partial charge in [-0.1, -0.05) is 30.3 Å². The number of carbonyl (C=O) groups excluding carboxylic acids is 1. The highest BCUT2D eigenvalue weighted by atomic mass is 32.1. The van der Waals surface area contributed by atoms with Crippen molar-refractivity contribution in [1.82, 2.24) is 19.9 Å². The van der Waals surface area contributed by atoms with E-state index in [1.165, 1.54) is 0 Å². The molecule has 0 saturated carbocycles. The molecule has 0 spiro atoms. The van der Waals surface area contributed by atoms with Crippen molar-refractivity contribution in [1.29, 1.82) is 0 Å². The van der Waals surface area contributed by atoms with Gasteiger partial charge in [-0.3, -0.25) is 9.78 Å². The average Bonchev–Trinajstić information content (AvgIpc) is 3.36. The van der Waals surface area contributed by atoms with Crippen molar-refractivity contribution in [2.45, 2.75) is 18.8 Å². The van der Waals surface area contributed by atoms with E-state index in [9.17, 15) is 4.79 Å². The van der Waals surface area contributed by atoms with Crippen molar-refractivity contribution in [3.8, 4) is 0 Å². The number of thiazole rings is 1. The number of hydrogen-bond acceptors (Lipinski definition) is 6. The zero-order chi connectivity index (χ0) is 21.8. The van der Waals surface area contributed by atoms with Crippen LogP contribution in [0.2, 0.25) is 0 Å². The molecule has 1 atom stereocenters. The summed E-state index contributed by atoms with van der Waals surface area (Å²) in [5, 5.41) is 8.34. The molecular formula is C25H23N5OS. The van der Waals surface area contributed by atoms with E-state index in [4.69, 9.17) is 4.98 Å². The minimum absolute atomic E-state index is 0.0282. The number of likely N-dealkylation sites (tertiary alicyclic amines) is 1. The molecule has 32 heavy (non-hydrogen) atoms. The molecule has 0 aliphatic carbocycles. The fraction of sp³-hybridized carbons (Fsp3) is 0.200. The molecule has 1 fully saturated rings. The van der Waals surface area contributed by atoms with Crippen LogP contribution in [0.3, 0.4) is 0 Å². The normalized spacial score (nSPS) is 16.5. The van der Waals surface area contributed by atoms with Crippen LogP contribution in [0.5, 0.6) is 0 Å². The van der Waals surface area contributed by atoms with Crippen molar-refractivity contribution < 1.29 is 4.79 Å². The molecule has 1 aliphatic heterocycles. The summed E-state index contributed by atoms with van der Waals surface area (Å²) in [6, 6.07) is 14.2. The summed E-state index contributed by atoms with van der Waals surface area (Å²) in [5.41, 5.74) is 1.93. The molecule has 0 bridgehead atoms. The van der Waals surface area contributed by atoms with Gasteiger partial charge in [-0.2, -0.15) is 0 Å². The van der Waals surface area contributed by atoms with Crippen LogP contribution < -0.4 is 5.32 Å². The van der Waals surface area contributed by atoms with Gasteiger partial charge < -0.3 is 10.2 Å². The first kappa shape index (κ1) is 20.3. The average molecular weight is 442 g/mol. The molecule has 4 aromatic rings. The lowest BCUT2D eigenvalue weighted by atomic mass is 9.93. The molecule has 3 aromatic heterocycles. The Morgan fingerprint density at radius 1 is 1.19 bits per heavy atom. The summed E-state index contributed by atoms with van der Waals surface area (Å²) < 4.78 is 0. The third-order valence-electron chi connectivity index (χ3n) is 5.67. The predicted molar refractivity (Wildman–Crippen MR) is 129 cm³/mol. The lowest BCUT2D eigenvalue weighted by molar-refractivity contribution is -0.127. The van der Waals surface area contributed by atoms with Gasteiger partial charge in [0.05, 0.1) is 0 Å². The number of aromatic nitrogens is 3. The van der Waals surface area contributed by atoms with Gasteiger partial charge in [0.15, 0.2) is 5.13 Å². The summed E-state index contributed by atoms with van der Waals surface area (Å²) in [7, 11) is 0. The van der Waals surface area contributed by atoms with Crippen molar-refractivity contribution in [2.75, 3.05) is 18.4 Å². The standard InChI is InChI=1S/C25H23N5OS/c31-23(10-9-18-5-3-11-26-16-18)30-13-4-7-20(17-30)22-15-19-6-1-2-8-21(19)24(28-22)29-25-27-12-14-32-25/h1-3,5-6,8-12,14-16,20H,4,7,13,17H2,(H,27,28,29)/b10-9+. The second-order valence-electron chi connectivity index (χ2n) is 7.82. The number of piperidine rings is 1. The van der Waals surface area contributed by atoms with Gasteiger partial charge in [0.2, 0.25) is 5.91 Å².